The number of carbonyl (C=O) groups is 2. The number of anilines is 2. The summed E-state index contributed by atoms with van der Waals surface area (Å²) in [7, 11) is 1.47. The highest BCUT2D eigenvalue weighted by molar-refractivity contribution is 6.39. The van der Waals surface area contributed by atoms with Gasteiger partial charge in [0.15, 0.2) is 5.75 Å². The Balaban J connectivity index is 2.25. The number of nitrogens with one attached hydrogen (secondary N) is 1. The number of carbonyl (C=O) groups excluding carboxylic acids is 2. The molecule has 0 atom stereocenters. The van der Waals surface area contributed by atoms with Crippen LogP contribution in [0.3, 0.4) is 0 Å². The molecule has 1 heterocycles. The number of methoxy groups -OCH3 is 1. The second kappa shape index (κ2) is 7.09. The molecule has 24 heavy (non-hydrogen) atoms. The number of benzene rings is 1. The summed E-state index contributed by atoms with van der Waals surface area (Å²) >= 11 is 0. The number of hydrogen-bond donors (Lipinski definition) is 2. The Morgan fingerprint density at radius 1 is 1.25 bits per heavy atom. The molecule has 1 aliphatic heterocycles. The Kier molecular flexibility index (Phi) is 5.33. The van der Waals surface area contributed by atoms with Crippen LogP contribution in [0.15, 0.2) is 12.1 Å². The lowest BCUT2D eigenvalue weighted by molar-refractivity contribution is -0.145. The number of nitrogens with zero attached hydrogens (tertiary/aromatic N) is 1. The van der Waals surface area contributed by atoms with Crippen LogP contribution < -0.4 is 15.8 Å². The van der Waals surface area contributed by atoms with Crippen molar-refractivity contribution >= 4 is 23.2 Å². The molecule has 0 bridgehead atoms. The fraction of sp³-hybridized carbons (Fsp3) is 0.529. The number of morpholine rings is 1. The van der Waals surface area contributed by atoms with Crippen LogP contribution in [-0.4, -0.2) is 50.1 Å². The maximum atomic E-state index is 12.3. The van der Waals surface area contributed by atoms with E-state index >= 15 is 0 Å². The van der Waals surface area contributed by atoms with E-state index in [-0.39, 0.29) is 5.41 Å². The summed E-state index contributed by atoms with van der Waals surface area (Å²) in [6.07, 6.45) is 0. The molecule has 0 radical (unpaired) electrons. The fourth-order valence-corrected chi connectivity index (χ4v) is 2.49. The monoisotopic (exact) mass is 335 g/mol. The minimum Gasteiger partial charge on any atom is -0.492 e. The van der Waals surface area contributed by atoms with Crippen molar-refractivity contribution in [2.75, 3.05) is 44.5 Å². The van der Waals surface area contributed by atoms with Crippen LogP contribution >= 0.6 is 0 Å². The van der Waals surface area contributed by atoms with Gasteiger partial charge in [0.05, 0.1) is 31.7 Å². The molecule has 0 spiro atoms. The number of nitrogen functional groups attached to an aromatic ring is 1. The van der Waals surface area contributed by atoms with Gasteiger partial charge in [-0.15, -0.1) is 0 Å². The predicted molar refractivity (Wildman–Crippen MR) is 92.1 cm³/mol. The summed E-state index contributed by atoms with van der Waals surface area (Å²) in [4.78, 5) is 26.0. The van der Waals surface area contributed by atoms with Gasteiger partial charge >= 0.3 is 11.8 Å². The van der Waals surface area contributed by atoms with Gasteiger partial charge in [-0.25, -0.2) is 0 Å². The van der Waals surface area contributed by atoms with Gasteiger partial charge in [-0.05, 0) is 23.1 Å². The van der Waals surface area contributed by atoms with Crippen LogP contribution in [-0.2, 0) is 19.7 Å². The average molecular weight is 335 g/mol. The van der Waals surface area contributed by atoms with E-state index in [9.17, 15) is 9.59 Å². The van der Waals surface area contributed by atoms with Crippen LogP contribution in [0.5, 0.6) is 5.75 Å². The van der Waals surface area contributed by atoms with Crippen molar-refractivity contribution in [2.24, 2.45) is 0 Å². The SMILES string of the molecule is COc1c(N)cc(C(C)(C)C)cc1NC(=O)C(=O)N1CCOCC1. The van der Waals surface area contributed by atoms with Gasteiger partial charge in [0.2, 0.25) is 0 Å². The van der Waals surface area contributed by atoms with Crippen LogP contribution in [0.4, 0.5) is 11.4 Å². The van der Waals surface area contributed by atoms with E-state index in [1.807, 2.05) is 26.8 Å². The highest BCUT2D eigenvalue weighted by atomic mass is 16.5. The van der Waals surface area contributed by atoms with Crippen LogP contribution in [0, 0.1) is 0 Å². The first kappa shape index (κ1) is 18.1. The lowest BCUT2D eigenvalue weighted by Gasteiger charge is -2.26. The summed E-state index contributed by atoms with van der Waals surface area (Å²) in [5.41, 5.74) is 7.63. The minimum atomic E-state index is -0.708. The molecular formula is C17H25N3O4. The van der Waals surface area contributed by atoms with E-state index < -0.39 is 11.8 Å². The zero-order valence-electron chi connectivity index (χ0n) is 14.6. The third kappa shape index (κ3) is 3.97. The molecule has 7 heteroatoms. The van der Waals surface area contributed by atoms with Crippen LogP contribution in [0.2, 0.25) is 0 Å². The minimum absolute atomic E-state index is 0.159. The van der Waals surface area contributed by atoms with E-state index in [1.54, 1.807) is 6.07 Å². The zero-order valence-corrected chi connectivity index (χ0v) is 14.6. The molecule has 1 fully saturated rings. The van der Waals surface area contributed by atoms with Crippen molar-refractivity contribution in [2.45, 2.75) is 26.2 Å². The molecule has 2 amide bonds. The van der Waals surface area contributed by atoms with Gasteiger partial charge in [-0.1, -0.05) is 20.8 Å². The lowest BCUT2D eigenvalue weighted by Crippen LogP contribution is -2.45. The average Bonchev–Trinajstić information content (AvgIpc) is 2.53. The smallest absolute Gasteiger partial charge is 0.314 e. The van der Waals surface area contributed by atoms with Crippen molar-refractivity contribution < 1.29 is 19.1 Å². The highest BCUT2D eigenvalue weighted by Gasteiger charge is 2.26. The first-order chi connectivity index (χ1) is 11.2. The van der Waals surface area contributed by atoms with Crippen molar-refractivity contribution in [1.82, 2.24) is 4.90 Å². The molecular weight excluding hydrogens is 310 g/mol. The van der Waals surface area contributed by atoms with Gasteiger partial charge in [-0.3, -0.25) is 9.59 Å². The maximum Gasteiger partial charge on any atom is 0.314 e. The first-order valence-corrected chi connectivity index (χ1v) is 7.90. The molecule has 0 unspecified atom stereocenters. The Morgan fingerprint density at radius 3 is 2.42 bits per heavy atom. The molecule has 1 saturated heterocycles. The molecule has 0 saturated carbocycles. The third-order valence-corrected chi connectivity index (χ3v) is 3.93. The first-order valence-electron chi connectivity index (χ1n) is 7.90. The van der Waals surface area contributed by atoms with Gasteiger partial charge in [0.25, 0.3) is 0 Å². The van der Waals surface area contributed by atoms with E-state index in [4.69, 9.17) is 15.2 Å². The Bertz CT molecular complexity index is 631. The number of rotatable bonds is 2. The van der Waals surface area contributed by atoms with E-state index in [1.165, 1.54) is 12.0 Å². The molecule has 0 aromatic heterocycles. The standard InChI is InChI=1S/C17H25N3O4/c1-17(2,3)11-9-12(18)14(23-4)13(10-11)19-15(21)16(22)20-5-7-24-8-6-20/h9-10H,5-8,18H2,1-4H3,(H,19,21). The van der Waals surface area contributed by atoms with Gasteiger partial charge in [-0.2, -0.15) is 0 Å². The van der Waals surface area contributed by atoms with Gasteiger partial charge in [0.1, 0.15) is 0 Å². The molecule has 3 N–H and O–H groups in total. The fourth-order valence-electron chi connectivity index (χ4n) is 2.49. The van der Waals surface area contributed by atoms with Gasteiger partial charge in [0, 0.05) is 13.1 Å². The number of ether oxygens (including phenoxy) is 2. The second-order valence-corrected chi connectivity index (χ2v) is 6.75. The van der Waals surface area contributed by atoms with E-state index in [0.29, 0.717) is 43.4 Å². The number of amides is 2. The molecule has 7 nitrogen and oxygen atoms in total. The van der Waals surface area contributed by atoms with Crippen molar-refractivity contribution in [3.63, 3.8) is 0 Å². The van der Waals surface area contributed by atoms with Crippen molar-refractivity contribution in [3.05, 3.63) is 17.7 Å². The number of nitrogens with two attached hydrogens (primary N) is 1. The summed E-state index contributed by atoms with van der Waals surface area (Å²) in [5, 5.41) is 2.64. The van der Waals surface area contributed by atoms with Crippen molar-refractivity contribution in [1.29, 1.82) is 0 Å². The Hall–Kier alpha value is -2.28. The zero-order chi connectivity index (χ0) is 17.9. The van der Waals surface area contributed by atoms with Gasteiger partial charge < -0.3 is 25.4 Å². The molecule has 2 rings (SSSR count). The molecule has 1 aromatic carbocycles. The summed E-state index contributed by atoms with van der Waals surface area (Å²) in [6, 6.07) is 3.61. The van der Waals surface area contributed by atoms with Crippen LogP contribution in [0.1, 0.15) is 26.3 Å². The van der Waals surface area contributed by atoms with E-state index in [0.717, 1.165) is 5.56 Å². The predicted octanol–water partition coefficient (Wildman–Crippen LogP) is 1.37. The molecule has 1 aromatic rings. The lowest BCUT2D eigenvalue weighted by atomic mass is 9.86. The topological polar surface area (TPSA) is 93.9 Å². The largest absolute Gasteiger partial charge is 0.492 e. The third-order valence-electron chi connectivity index (χ3n) is 3.93. The quantitative estimate of drug-likeness (QED) is 0.629. The molecule has 132 valence electrons. The summed E-state index contributed by atoms with van der Waals surface area (Å²) in [5.74, 6) is -0.938. The maximum absolute atomic E-state index is 12.3. The summed E-state index contributed by atoms with van der Waals surface area (Å²) < 4.78 is 10.5. The number of hydrogen-bond acceptors (Lipinski definition) is 5. The van der Waals surface area contributed by atoms with E-state index in [2.05, 4.69) is 5.32 Å². The van der Waals surface area contributed by atoms with Crippen molar-refractivity contribution in [3.8, 4) is 5.75 Å². The Morgan fingerprint density at radius 2 is 1.88 bits per heavy atom. The normalized spacial score (nSPS) is 15.1. The van der Waals surface area contributed by atoms with Crippen LogP contribution in [0.25, 0.3) is 0 Å². The molecule has 0 aliphatic carbocycles. The Labute approximate surface area is 142 Å². The highest BCUT2D eigenvalue weighted by Crippen LogP contribution is 2.36. The molecule has 1 aliphatic rings. The second-order valence-electron chi connectivity index (χ2n) is 6.75. The summed E-state index contributed by atoms with van der Waals surface area (Å²) in [6.45, 7) is 7.82.